The smallest absolute Gasteiger partial charge is 0.165 e. The van der Waals surface area contributed by atoms with Gasteiger partial charge in [-0.3, -0.25) is 0 Å². The zero-order chi connectivity index (χ0) is 15.5. The average Bonchev–Trinajstić information content (AvgIpc) is 2.87. The molecule has 22 heavy (non-hydrogen) atoms. The van der Waals surface area contributed by atoms with Crippen LogP contribution in [0.25, 0.3) is 17.0 Å². The third-order valence-corrected chi connectivity index (χ3v) is 3.37. The second kappa shape index (κ2) is 6.01. The molecule has 0 atom stereocenters. The molecule has 0 spiro atoms. The third-order valence-electron chi connectivity index (χ3n) is 3.24. The Kier molecular flexibility index (Phi) is 3.91. The van der Waals surface area contributed by atoms with Crippen LogP contribution >= 0.6 is 12.2 Å². The molecule has 110 valence electrons. The Hall–Kier alpha value is -2.63. The van der Waals surface area contributed by atoms with Crippen molar-refractivity contribution >= 4 is 28.8 Å². The predicted octanol–water partition coefficient (Wildman–Crippen LogP) is 2.33. The van der Waals surface area contributed by atoms with E-state index in [1.54, 1.807) is 10.6 Å². The van der Waals surface area contributed by atoms with E-state index in [0.717, 1.165) is 12.0 Å². The molecule has 3 rings (SSSR count). The van der Waals surface area contributed by atoms with Crippen molar-refractivity contribution in [2.24, 2.45) is 4.99 Å². The molecule has 0 radical (unpaired) electrons. The number of aryl methyl sites for hydroxylation is 1. The summed E-state index contributed by atoms with van der Waals surface area (Å²) < 4.78 is 1.71. The standard InChI is InChI=1S/C15H14N6S/c1-10-18-14-8-13(16)19-15(21(14)20-10)12-4-2-11(3-5-12)6-7-17-9-22/h2-5,8H,6-7,16H2,1H3. The van der Waals surface area contributed by atoms with E-state index < -0.39 is 0 Å². The van der Waals surface area contributed by atoms with Crippen molar-refractivity contribution in [2.75, 3.05) is 12.3 Å². The Bertz CT molecular complexity index is 862. The van der Waals surface area contributed by atoms with E-state index >= 15 is 0 Å². The molecule has 2 aromatic heterocycles. The van der Waals surface area contributed by atoms with Crippen LogP contribution in [-0.2, 0) is 6.42 Å². The summed E-state index contributed by atoms with van der Waals surface area (Å²) in [7, 11) is 0. The summed E-state index contributed by atoms with van der Waals surface area (Å²) in [6.45, 7) is 2.48. The fraction of sp³-hybridized carbons (Fsp3) is 0.200. The van der Waals surface area contributed by atoms with Crippen molar-refractivity contribution in [3.8, 4) is 11.4 Å². The third kappa shape index (κ3) is 2.86. The first-order valence-corrected chi connectivity index (χ1v) is 7.21. The van der Waals surface area contributed by atoms with Gasteiger partial charge in [0.05, 0.1) is 11.7 Å². The Balaban J connectivity index is 1.98. The Morgan fingerprint density at radius 1 is 1.27 bits per heavy atom. The summed E-state index contributed by atoms with van der Waals surface area (Å²) in [4.78, 5) is 12.6. The Morgan fingerprint density at radius 3 is 2.77 bits per heavy atom. The minimum absolute atomic E-state index is 0.425. The zero-order valence-electron chi connectivity index (χ0n) is 12.0. The highest BCUT2D eigenvalue weighted by molar-refractivity contribution is 7.78. The molecule has 6 nitrogen and oxygen atoms in total. The van der Waals surface area contributed by atoms with Crippen LogP contribution in [0.15, 0.2) is 35.3 Å². The van der Waals surface area contributed by atoms with Crippen molar-refractivity contribution in [3.05, 3.63) is 41.7 Å². The molecule has 2 heterocycles. The molecule has 0 saturated heterocycles. The number of fused-ring (bicyclic) bond motifs is 1. The van der Waals surface area contributed by atoms with E-state index in [-0.39, 0.29) is 0 Å². The van der Waals surface area contributed by atoms with E-state index in [2.05, 4.69) is 37.4 Å². The van der Waals surface area contributed by atoms with Crippen molar-refractivity contribution < 1.29 is 0 Å². The lowest BCUT2D eigenvalue weighted by molar-refractivity contribution is 0.911. The highest BCUT2D eigenvalue weighted by Crippen LogP contribution is 2.20. The lowest BCUT2D eigenvalue weighted by Gasteiger charge is -2.06. The maximum Gasteiger partial charge on any atom is 0.165 e. The quantitative estimate of drug-likeness (QED) is 0.591. The lowest BCUT2D eigenvalue weighted by atomic mass is 10.1. The fourth-order valence-corrected chi connectivity index (χ4v) is 2.34. The van der Waals surface area contributed by atoms with Gasteiger partial charge in [-0.1, -0.05) is 24.3 Å². The van der Waals surface area contributed by atoms with Gasteiger partial charge in [0.1, 0.15) is 11.6 Å². The minimum Gasteiger partial charge on any atom is -0.384 e. The maximum atomic E-state index is 5.86. The van der Waals surface area contributed by atoms with Crippen LogP contribution in [0.2, 0.25) is 0 Å². The number of anilines is 1. The van der Waals surface area contributed by atoms with Crippen molar-refractivity contribution in [3.63, 3.8) is 0 Å². The first-order chi connectivity index (χ1) is 10.7. The number of isothiocyanates is 1. The van der Waals surface area contributed by atoms with E-state index in [4.69, 9.17) is 5.73 Å². The van der Waals surface area contributed by atoms with Crippen molar-refractivity contribution in [1.82, 2.24) is 19.6 Å². The van der Waals surface area contributed by atoms with Crippen LogP contribution in [0, 0.1) is 6.92 Å². The molecule has 0 aliphatic carbocycles. The fourth-order valence-electron chi connectivity index (χ4n) is 2.25. The molecule has 0 aliphatic rings. The van der Waals surface area contributed by atoms with Gasteiger partial charge >= 0.3 is 0 Å². The summed E-state index contributed by atoms with van der Waals surface area (Å²) in [5, 5.41) is 6.74. The van der Waals surface area contributed by atoms with Gasteiger partial charge in [-0.25, -0.2) is 15.0 Å². The monoisotopic (exact) mass is 310 g/mol. The number of thiocarbonyl (C=S) groups is 1. The predicted molar refractivity (Wildman–Crippen MR) is 89.0 cm³/mol. The molecule has 1 aromatic carbocycles. The summed E-state index contributed by atoms with van der Waals surface area (Å²) in [6, 6.07) is 9.77. The zero-order valence-corrected chi connectivity index (χ0v) is 12.8. The minimum atomic E-state index is 0.425. The summed E-state index contributed by atoms with van der Waals surface area (Å²) >= 11 is 4.56. The first-order valence-electron chi connectivity index (χ1n) is 6.80. The molecule has 0 fully saturated rings. The van der Waals surface area contributed by atoms with Crippen molar-refractivity contribution in [2.45, 2.75) is 13.3 Å². The number of nitrogens with zero attached hydrogens (tertiary/aromatic N) is 5. The molecule has 0 amide bonds. The molecule has 0 unspecified atom stereocenters. The number of nitrogen functional groups attached to an aromatic ring is 1. The number of hydrogen-bond donors (Lipinski definition) is 1. The SMILES string of the molecule is Cc1nc2cc(N)nc(-c3ccc(CCN=C=S)cc3)n2n1. The average molecular weight is 310 g/mol. The van der Waals surface area contributed by atoms with Crippen molar-refractivity contribution in [1.29, 1.82) is 0 Å². The van der Waals surface area contributed by atoms with Gasteiger partial charge in [0.2, 0.25) is 0 Å². The lowest BCUT2D eigenvalue weighted by Crippen LogP contribution is -2.02. The molecule has 0 saturated carbocycles. The number of hydrogen-bond acceptors (Lipinski definition) is 6. The normalized spacial score (nSPS) is 10.6. The molecule has 0 bridgehead atoms. The highest BCUT2D eigenvalue weighted by atomic mass is 32.1. The van der Waals surface area contributed by atoms with E-state index in [9.17, 15) is 0 Å². The summed E-state index contributed by atoms with van der Waals surface area (Å²) in [6.07, 6.45) is 0.826. The molecule has 0 aliphatic heterocycles. The largest absolute Gasteiger partial charge is 0.384 e. The number of aromatic nitrogens is 4. The number of nitrogens with two attached hydrogens (primary N) is 1. The topological polar surface area (TPSA) is 81.5 Å². The van der Waals surface area contributed by atoms with E-state index in [0.29, 0.717) is 29.7 Å². The highest BCUT2D eigenvalue weighted by Gasteiger charge is 2.10. The van der Waals surface area contributed by atoms with E-state index in [1.165, 1.54) is 5.56 Å². The van der Waals surface area contributed by atoms with Gasteiger partial charge in [-0.2, -0.15) is 4.52 Å². The van der Waals surface area contributed by atoms with Crippen LogP contribution in [0.4, 0.5) is 5.82 Å². The molecule has 3 aromatic rings. The Morgan fingerprint density at radius 2 is 2.05 bits per heavy atom. The van der Waals surface area contributed by atoms with Gasteiger partial charge in [-0.05, 0) is 31.1 Å². The number of rotatable bonds is 4. The van der Waals surface area contributed by atoms with Crippen LogP contribution in [0.1, 0.15) is 11.4 Å². The summed E-state index contributed by atoms with van der Waals surface area (Å²) in [5.41, 5.74) is 8.66. The van der Waals surface area contributed by atoms with Gasteiger partial charge < -0.3 is 5.73 Å². The summed E-state index contributed by atoms with van der Waals surface area (Å²) in [5.74, 6) is 1.79. The van der Waals surface area contributed by atoms with Crippen LogP contribution in [-0.4, -0.2) is 31.3 Å². The molecular weight excluding hydrogens is 296 g/mol. The maximum absolute atomic E-state index is 5.86. The van der Waals surface area contributed by atoms with Gasteiger partial charge in [-0.15, -0.1) is 5.10 Å². The Labute approximate surface area is 132 Å². The van der Waals surface area contributed by atoms with Gasteiger partial charge in [0, 0.05) is 11.6 Å². The molecular formula is C15H14N6S. The second-order valence-electron chi connectivity index (χ2n) is 4.85. The van der Waals surface area contributed by atoms with Crippen LogP contribution < -0.4 is 5.73 Å². The van der Waals surface area contributed by atoms with E-state index in [1.807, 2.05) is 31.2 Å². The number of benzene rings is 1. The van der Waals surface area contributed by atoms with Crippen LogP contribution in [0.3, 0.4) is 0 Å². The first kappa shape index (κ1) is 14.3. The molecule has 7 heteroatoms. The number of aliphatic imine (C=N–C) groups is 1. The molecule has 2 N–H and O–H groups in total. The second-order valence-corrected chi connectivity index (χ2v) is 5.04. The van der Waals surface area contributed by atoms with Gasteiger partial charge in [0.15, 0.2) is 11.5 Å². The van der Waals surface area contributed by atoms with Gasteiger partial charge in [0.25, 0.3) is 0 Å². The van der Waals surface area contributed by atoms with Crippen LogP contribution in [0.5, 0.6) is 0 Å².